The summed E-state index contributed by atoms with van der Waals surface area (Å²) in [6, 6.07) is -0.833. The van der Waals surface area contributed by atoms with E-state index in [4.69, 9.17) is 14.2 Å². The van der Waals surface area contributed by atoms with Gasteiger partial charge in [0.25, 0.3) is 0 Å². The van der Waals surface area contributed by atoms with Crippen LogP contribution in [0.5, 0.6) is 0 Å². The Morgan fingerprint density at radius 3 is 1.25 bits per heavy atom. The van der Waals surface area contributed by atoms with Gasteiger partial charge in [0.15, 0.2) is 6.29 Å². The fraction of sp³-hybridized carbons (Fsp3) is 0.844. The monoisotopic (exact) mass is 1240 g/mol. The number of aliphatic hydroxyl groups excluding tert-OH is 5. The summed E-state index contributed by atoms with van der Waals surface area (Å²) in [6.07, 6.45) is 78.5. The second-order valence-electron chi connectivity index (χ2n) is 26.0. The minimum Gasteiger partial charge on any atom is -0.466 e. The number of carbonyl (C=O) groups is 2. The van der Waals surface area contributed by atoms with E-state index >= 15 is 0 Å². The number of aliphatic hydroxyl groups is 5. The lowest BCUT2D eigenvalue weighted by Crippen LogP contribution is -2.60. The van der Waals surface area contributed by atoms with Crippen LogP contribution in [0, 0.1) is 0 Å². The molecule has 11 heteroatoms. The van der Waals surface area contributed by atoms with Crippen molar-refractivity contribution in [2.45, 2.75) is 397 Å². The molecule has 0 aromatic rings. The van der Waals surface area contributed by atoms with Crippen molar-refractivity contribution >= 4 is 11.9 Å². The van der Waals surface area contributed by atoms with Gasteiger partial charge in [0.05, 0.1) is 32.0 Å². The lowest BCUT2D eigenvalue weighted by Gasteiger charge is -2.40. The van der Waals surface area contributed by atoms with Gasteiger partial charge < -0.3 is 45.1 Å². The van der Waals surface area contributed by atoms with Gasteiger partial charge in [-0.2, -0.15) is 0 Å². The first kappa shape index (κ1) is 83.4. The van der Waals surface area contributed by atoms with Crippen LogP contribution in [0.4, 0.5) is 0 Å². The number of amides is 1. The second-order valence-corrected chi connectivity index (χ2v) is 26.0. The van der Waals surface area contributed by atoms with Crippen molar-refractivity contribution in [3.63, 3.8) is 0 Å². The number of ether oxygens (including phenoxy) is 3. The molecule has 1 aliphatic heterocycles. The number of unbranched alkanes of at least 4 members (excludes halogenated alkanes) is 45. The molecule has 1 saturated heterocycles. The minimum atomic E-state index is -1.58. The molecule has 0 bridgehead atoms. The van der Waals surface area contributed by atoms with E-state index in [0.29, 0.717) is 19.4 Å². The molecule has 1 heterocycles. The first-order valence-electron chi connectivity index (χ1n) is 37.5. The second kappa shape index (κ2) is 65.8. The molecule has 0 aromatic carbocycles. The number of esters is 1. The average molecular weight is 1240 g/mol. The van der Waals surface area contributed by atoms with Crippen LogP contribution in [-0.2, 0) is 23.8 Å². The van der Waals surface area contributed by atoms with E-state index in [1.807, 2.05) is 19.1 Å². The van der Waals surface area contributed by atoms with E-state index in [2.05, 4.69) is 54.8 Å². The van der Waals surface area contributed by atoms with Gasteiger partial charge in [-0.1, -0.05) is 318 Å². The highest BCUT2D eigenvalue weighted by Crippen LogP contribution is 2.23. The molecule has 1 fully saturated rings. The van der Waals surface area contributed by atoms with Crippen LogP contribution < -0.4 is 5.32 Å². The third kappa shape index (κ3) is 54.0. The summed E-state index contributed by atoms with van der Waals surface area (Å²) in [5.74, 6) is -0.186. The number of hydrogen-bond acceptors (Lipinski definition) is 10. The molecule has 1 aliphatic rings. The summed E-state index contributed by atoms with van der Waals surface area (Å²) in [7, 11) is 0. The molecule has 0 radical (unpaired) electrons. The largest absolute Gasteiger partial charge is 0.466 e. The summed E-state index contributed by atoms with van der Waals surface area (Å²) in [6.45, 7) is 4.12. The van der Waals surface area contributed by atoms with E-state index in [0.717, 1.165) is 64.2 Å². The van der Waals surface area contributed by atoms with Crippen LogP contribution in [0.25, 0.3) is 0 Å². The number of hydrogen-bond donors (Lipinski definition) is 6. The highest BCUT2D eigenvalue weighted by atomic mass is 16.7. The Labute approximate surface area is 541 Å². The lowest BCUT2D eigenvalue weighted by atomic mass is 9.99. The Bertz CT molecular complexity index is 1650. The summed E-state index contributed by atoms with van der Waals surface area (Å²) >= 11 is 0. The molecule has 7 unspecified atom stereocenters. The van der Waals surface area contributed by atoms with Crippen molar-refractivity contribution < 1.29 is 49.3 Å². The maximum atomic E-state index is 13.0. The van der Waals surface area contributed by atoms with Crippen molar-refractivity contribution in [2.75, 3.05) is 19.8 Å². The Kier molecular flexibility index (Phi) is 62.4. The molecule has 1 amide bonds. The summed E-state index contributed by atoms with van der Waals surface area (Å²) in [4.78, 5) is 25.1. The summed E-state index contributed by atoms with van der Waals surface area (Å²) in [5.41, 5.74) is 0. The van der Waals surface area contributed by atoms with Gasteiger partial charge in [-0.15, -0.1) is 0 Å². The smallest absolute Gasteiger partial charge is 0.305 e. The normalized spacial score (nSPS) is 18.1. The number of carbonyl (C=O) groups excluding carboxylic acids is 2. The predicted molar refractivity (Wildman–Crippen MR) is 370 cm³/mol. The van der Waals surface area contributed by atoms with Gasteiger partial charge in [-0.05, 0) is 84.0 Å². The van der Waals surface area contributed by atoms with Crippen LogP contribution in [0.2, 0.25) is 0 Å². The molecule has 6 N–H and O–H groups in total. The maximum Gasteiger partial charge on any atom is 0.305 e. The van der Waals surface area contributed by atoms with Crippen LogP contribution in [0.3, 0.4) is 0 Å². The molecular weight excluding hydrogens is 1100 g/mol. The van der Waals surface area contributed by atoms with E-state index < -0.39 is 49.5 Å². The lowest BCUT2D eigenvalue weighted by molar-refractivity contribution is -0.302. The zero-order valence-corrected chi connectivity index (χ0v) is 57.2. The number of allylic oxidation sites excluding steroid dienone is 9. The van der Waals surface area contributed by atoms with E-state index in [1.165, 1.54) is 263 Å². The molecule has 514 valence electrons. The van der Waals surface area contributed by atoms with Crippen molar-refractivity contribution in [3.8, 4) is 0 Å². The topological polar surface area (TPSA) is 175 Å². The first-order chi connectivity index (χ1) is 43.2. The molecule has 0 aliphatic carbocycles. The van der Waals surface area contributed by atoms with Crippen LogP contribution in [0.1, 0.15) is 354 Å². The van der Waals surface area contributed by atoms with Crippen LogP contribution in [0.15, 0.2) is 60.8 Å². The highest BCUT2D eigenvalue weighted by Gasteiger charge is 2.44. The molecule has 11 nitrogen and oxygen atoms in total. The third-order valence-corrected chi connectivity index (χ3v) is 17.7. The van der Waals surface area contributed by atoms with Crippen molar-refractivity contribution in [1.82, 2.24) is 5.32 Å². The van der Waals surface area contributed by atoms with Gasteiger partial charge in [0.2, 0.25) is 5.91 Å². The van der Waals surface area contributed by atoms with Crippen molar-refractivity contribution in [2.24, 2.45) is 0 Å². The molecule has 1 rings (SSSR count). The van der Waals surface area contributed by atoms with Gasteiger partial charge >= 0.3 is 5.97 Å². The van der Waals surface area contributed by atoms with E-state index in [9.17, 15) is 35.1 Å². The average Bonchev–Trinajstić information content (AvgIpc) is 2.89. The zero-order valence-electron chi connectivity index (χ0n) is 57.2. The fourth-order valence-electron chi connectivity index (χ4n) is 11.8. The standard InChI is InChI=1S/C77H141NO10/c1-3-5-7-9-11-13-14-15-16-17-36-39-42-45-49-53-57-61-65-73(82)86-66-62-58-54-50-46-43-40-37-34-32-30-28-26-24-22-20-18-19-21-23-25-27-29-31-33-35-38-41-44-48-52-56-60-64-72(81)78-69(70(80)63-59-55-51-47-12-10-8-6-4-2)68-87-77-76(85)75(84)74(83)71(67-79)88-77/h4,6,12,22,24,28,30,47,59,63,69-71,74-77,79-80,83-85H,3,5,7-11,13-21,23,25-27,29,31-46,48-58,60-62,64-68H2,1-2H3,(H,78,81)/b6-4+,24-22-,30-28-,47-12+,63-59+. The van der Waals surface area contributed by atoms with Crippen molar-refractivity contribution in [1.29, 1.82) is 0 Å². The van der Waals surface area contributed by atoms with Crippen molar-refractivity contribution in [3.05, 3.63) is 60.8 Å². The van der Waals surface area contributed by atoms with Gasteiger partial charge in [0.1, 0.15) is 24.4 Å². The molecule has 0 saturated carbocycles. The summed E-state index contributed by atoms with van der Waals surface area (Å²) < 4.78 is 16.7. The van der Waals surface area contributed by atoms with Gasteiger partial charge in [0, 0.05) is 12.8 Å². The van der Waals surface area contributed by atoms with Gasteiger partial charge in [-0.25, -0.2) is 0 Å². The zero-order chi connectivity index (χ0) is 63.7. The van der Waals surface area contributed by atoms with Gasteiger partial charge in [-0.3, -0.25) is 9.59 Å². The number of rotatable bonds is 66. The first-order valence-corrected chi connectivity index (χ1v) is 37.5. The van der Waals surface area contributed by atoms with Crippen LogP contribution >= 0.6 is 0 Å². The molecular formula is C77H141NO10. The maximum absolute atomic E-state index is 13.0. The quantitative estimate of drug-likeness (QED) is 0.0195. The fourth-order valence-corrected chi connectivity index (χ4v) is 11.8. The number of nitrogens with one attached hydrogen (secondary N) is 1. The Balaban J connectivity index is 1.89. The Morgan fingerprint density at radius 2 is 0.818 bits per heavy atom. The minimum absolute atomic E-state index is 0.0110. The van der Waals surface area contributed by atoms with E-state index in [1.54, 1.807) is 6.08 Å². The highest BCUT2D eigenvalue weighted by molar-refractivity contribution is 5.76. The molecule has 88 heavy (non-hydrogen) atoms. The summed E-state index contributed by atoms with van der Waals surface area (Å²) in [5, 5.41) is 54.2. The third-order valence-electron chi connectivity index (χ3n) is 17.7. The molecule has 7 atom stereocenters. The SMILES string of the molecule is C/C=C/CC/C=C/CC/C=C/C(O)C(COC1OC(CO)C(O)C(O)C1O)NC(=O)CCCCCCCCCCCCCCCCCCC/C=C\C/C=C\CCCCCCCCCCCOC(=O)CCCCCCCCCCCCCCCCCCCC. The predicted octanol–water partition coefficient (Wildman–Crippen LogP) is 19.7. The van der Waals surface area contributed by atoms with E-state index in [-0.39, 0.29) is 18.5 Å². The Morgan fingerprint density at radius 1 is 0.443 bits per heavy atom. The molecule has 0 aromatic heterocycles. The van der Waals surface area contributed by atoms with Crippen LogP contribution in [-0.4, -0.2) is 100 Å². The molecule has 0 spiro atoms. The Hall–Kier alpha value is -2.64.